The molecule has 2 N–H and O–H groups in total. The zero-order valence-electron chi connectivity index (χ0n) is 12.4. The second-order valence-electron chi connectivity index (χ2n) is 5.67. The largest absolute Gasteiger partial charge is 0.444 e. The zero-order valence-corrected chi connectivity index (χ0v) is 12.4. The van der Waals surface area contributed by atoms with Gasteiger partial charge in [-0.2, -0.15) is 0 Å². The van der Waals surface area contributed by atoms with Crippen molar-refractivity contribution >= 4 is 17.7 Å². The van der Waals surface area contributed by atoms with Crippen LogP contribution in [0, 0.1) is 0 Å². The third kappa shape index (κ3) is 6.78. The summed E-state index contributed by atoms with van der Waals surface area (Å²) in [6.45, 7) is 7.12. The molecule has 0 spiro atoms. The summed E-state index contributed by atoms with van der Waals surface area (Å²) >= 11 is 0. The number of ether oxygens (including phenoxy) is 1. The first-order chi connectivity index (χ1) is 9.26. The standard InChI is InChI=1S/C15H22N2O3/c1-11(16-12-8-6-5-7-9-12)10-13(18)17-14(19)20-15(2,3)4/h5-9,11,16H,10H2,1-4H3,(H,17,18,19)/t11-/m0/s1. The first-order valence-electron chi connectivity index (χ1n) is 6.61. The highest BCUT2D eigenvalue weighted by atomic mass is 16.6. The SMILES string of the molecule is C[C@@H](CC(=O)NC(=O)OC(C)(C)C)Nc1ccccc1. The van der Waals surface area contributed by atoms with Crippen LogP contribution in [0.3, 0.4) is 0 Å². The summed E-state index contributed by atoms with van der Waals surface area (Å²) in [5.41, 5.74) is 0.322. The quantitative estimate of drug-likeness (QED) is 0.888. The molecule has 0 aliphatic heterocycles. The van der Waals surface area contributed by atoms with E-state index in [4.69, 9.17) is 4.74 Å². The Bertz CT molecular complexity index is 452. The molecule has 0 aliphatic rings. The van der Waals surface area contributed by atoms with Crippen LogP contribution in [-0.4, -0.2) is 23.6 Å². The van der Waals surface area contributed by atoms with Crippen LogP contribution >= 0.6 is 0 Å². The number of hydrogen-bond acceptors (Lipinski definition) is 4. The van der Waals surface area contributed by atoms with Crippen LogP contribution in [0.15, 0.2) is 30.3 Å². The normalized spacial score (nSPS) is 12.4. The predicted octanol–water partition coefficient (Wildman–Crippen LogP) is 2.93. The Morgan fingerprint density at radius 2 is 1.80 bits per heavy atom. The van der Waals surface area contributed by atoms with Crippen molar-refractivity contribution in [3.05, 3.63) is 30.3 Å². The van der Waals surface area contributed by atoms with Crippen molar-refractivity contribution < 1.29 is 14.3 Å². The average Bonchev–Trinajstić information content (AvgIpc) is 2.26. The molecule has 0 heterocycles. The number of carbonyl (C=O) groups is 2. The van der Waals surface area contributed by atoms with Gasteiger partial charge in [-0.25, -0.2) is 4.79 Å². The molecule has 1 atom stereocenters. The molecular formula is C15H22N2O3. The molecule has 1 rings (SSSR count). The van der Waals surface area contributed by atoms with Gasteiger partial charge in [-0.3, -0.25) is 10.1 Å². The summed E-state index contributed by atoms with van der Waals surface area (Å²) in [6, 6.07) is 9.50. The molecule has 0 bridgehead atoms. The molecular weight excluding hydrogens is 256 g/mol. The van der Waals surface area contributed by atoms with E-state index in [-0.39, 0.29) is 18.4 Å². The fourth-order valence-corrected chi connectivity index (χ4v) is 1.62. The summed E-state index contributed by atoms with van der Waals surface area (Å²) in [5.74, 6) is -0.366. The van der Waals surface area contributed by atoms with Gasteiger partial charge in [0.2, 0.25) is 5.91 Å². The van der Waals surface area contributed by atoms with Gasteiger partial charge in [0, 0.05) is 18.2 Å². The lowest BCUT2D eigenvalue weighted by Gasteiger charge is -2.20. The highest BCUT2D eigenvalue weighted by Gasteiger charge is 2.19. The minimum Gasteiger partial charge on any atom is -0.444 e. The molecule has 0 saturated carbocycles. The fourth-order valence-electron chi connectivity index (χ4n) is 1.62. The smallest absolute Gasteiger partial charge is 0.414 e. The van der Waals surface area contributed by atoms with Gasteiger partial charge in [0.15, 0.2) is 0 Å². The zero-order chi connectivity index (χ0) is 15.2. The van der Waals surface area contributed by atoms with E-state index in [0.29, 0.717) is 0 Å². The van der Waals surface area contributed by atoms with Crippen LogP contribution in [0.4, 0.5) is 10.5 Å². The summed E-state index contributed by atoms with van der Waals surface area (Å²) in [6.07, 6.45) is -0.525. The minimum absolute atomic E-state index is 0.0835. The van der Waals surface area contributed by atoms with Gasteiger partial charge in [0.05, 0.1) is 0 Å². The first-order valence-corrected chi connectivity index (χ1v) is 6.61. The molecule has 0 radical (unpaired) electrons. The number of carbonyl (C=O) groups excluding carboxylic acids is 2. The number of amides is 2. The number of hydrogen-bond donors (Lipinski definition) is 2. The van der Waals surface area contributed by atoms with E-state index in [1.807, 2.05) is 37.3 Å². The monoisotopic (exact) mass is 278 g/mol. The molecule has 5 nitrogen and oxygen atoms in total. The number of benzene rings is 1. The molecule has 1 aromatic carbocycles. The van der Waals surface area contributed by atoms with Gasteiger partial charge in [-0.05, 0) is 39.8 Å². The van der Waals surface area contributed by atoms with Crippen LogP contribution in [-0.2, 0) is 9.53 Å². The Hall–Kier alpha value is -2.04. The molecule has 1 aromatic rings. The van der Waals surface area contributed by atoms with Gasteiger partial charge in [0.25, 0.3) is 0 Å². The van der Waals surface area contributed by atoms with E-state index in [9.17, 15) is 9.59 Å². The second-order valence-corrected chi connectivity index (χ2v) is 5.67. The first kappa shape index (κ1) is 16.0. The number of imide groups is 1. The number of rotatable bonds is 4. The van der Waals surface area contributed by atoms with Crippen molar-refractivity contribution in [3.8, 4) is 0 Å². The third-order valence-corrected chi connectivity index (χ3v) is 2.32. The second kappa shape index (κ2) is 6.93. The Morgan fingerprint density at radius 1 is 1.20 bits per heavy atom. The number of para-hydroxylation sites is 1. The highest BCUT2D eigenvalue weighted by molar-refractivity contribution is 5.92. The van der Waals surface area contributed by atoms with Crippen molar-refractivity contribution in [1.82, 2.24) is 5.32 Å². The highest BCUT2D eigenvalue weighted by Crippen LogP contribution is 2.09. The van der Waals surface area contributed by atoms with E-state index in [2.05, 4.69) is 10.6 Å². The topological polar surface area (TPSA) is 67.4 Å². The number of alkyl carbamates (subject to hydrolysis) is 1. The maximum absolute atomic E-state index is 11.7. The maximum atomic E-state index is 11.7. The third-order valence-electron chi connectivity index (χ3n) is 2.32. The lowest BCUT2D eigenvalue weighted by molar-refractivity contribution is -0.120. The van der Waals surface area contributed by atoms with Crippen LogP contribution in [0.5, 0.6) is 0 Å². The van der Waals surface area contributed by atoms with E-state index in [1.54, 1.807) is 20.8 Å². The van der Waals surface area contributed by atoms with Gasteiger partial charge in [-0.15, -0.1) is 0 Å². The van der Waals surface area contributed by atoms with Crippen molar-refractivity contribution in [2.75, 3.05) is 5.32 Å². The lowest BCUT2D eigenvalue weighted by Crippen LogP contribution is -2.38. The molecule has 0 aliphatic carbocycles. The molecule has 110 valence electrons. The average molecular weight is 278 g/mol. The molecule has 0 unspecified atom stereocenters. The molecule has 0 aromatic heterocycles. The molecule has 2 amide bonds. The number of nitrogens with one attached hydrogen (secondary N) is 2. The Balaban J connectivity index is 2.37. The summed E-state index contributed by atoms with van der Waals surface area (Å²) < 4.78 is 5.02. The van der Waals surface area contributed by atoms with Crippen LogP contribution in [0.1, 0.15) is 34.1 Å². The van der Waals surface area contributed by atoms with E-state index < -0.39 is 11.7 Å². The Morgan fingerprint density at radius 3 is 2.35 bits per heavy atom. The summed E-state index contributed by atoms with van der Waals surface area (Å²) in [5, 5.41) is 5.39. The van der Waals surface area contributed by atoms with E-state index in [0.717, 1.165) is 5.69 Å². The van der Waals surface area contributed by atoms with Gasteiger partial charge in [0.1, 0.15) is 5.60 Å². The maximum Gasteiger partial charge on any atom is 0.414 e. The van der Waals surface area contributed by atoms with Gasteiger partial charge in [-0.1, -0.05) is 18.2 Å². The molecule has 0 fully saturated rings. The van der Waals surface area contributed by atoms with E-state index >= 15 is 0 Å². The summed E-state index contributed by atoms with van der Waals surface area (Å²) in [4.78, 5) is 23.1. The van der Waals surface area contributed by atoms with Crippen molar-refractivity contribution in [1.29, 1.82) is 0 Å². The Kier molecular flexibility index (Phi) is 5.55. The van der Waals surface area contributed by atoms with Crippen LogP contribution in [0.25, 0.3) is 0 Å². The van der Waals surface area contributed by atoms with Crippen molar-refractivity contribution in [2.24, 2.45) is 0 Å². The van der Waals surface area contributed by atoms with E-state index in [1.165, 1.54) is 0 Å². The van der Waals surface area contributed by atoms with Crippen LogP contribution in [0.2, 0.25) is 0 Å². The Labute approximate surface area is 119 Å². The summed E-state index contributed by atoms with van der Waals surface area (Å²) in [7, 11) is 0. The van der Waals surface area contributed by atoms with Gasteiger partial charge < -0.3 is 10.1 Å². The molecule has 20 heavy (non-hydrogen) atoms. The van der Waals surface area contributed by atoms with Gasteiger partial charge >= 0.3 is 6.09 Å². The van der Waals surface area contributed by atoms with Crippen LogP contribution < -0.4 is 10.6 Å². The fraction of sp³-hybridized carbons (Fsp3) is 0.467. The molecule has 5 heteroatoms. The predicted molar refractivity (Wildman–Crippen MR) is 78.5 cm³/mol. The molecule has 0 saturated heterocycles. The van der Waals surface area contributed by atoms with Crippen molar-refractivity contribution in [2.45, 2.75) is 45.8 Å². The van der Waals surface area contributed by atoms with Crippen molar-refractivity contribution in [3.63, 3.8) is 0 Å². The number of anilines is 1. The lowest BCUT2D eigenvalue weighted by atomic mass is 10.2. The minimum atomic E-state index is -0.714.